The predicted octanol–water partition coefficient (Wildman–Crippen LogP) is 3.96. The molecule has 32 heavy (non-hydrogen) atoms. The average Bonchev–Trinajstić information content (AvgIpc) is 3.27. The fourth-order valence-electron chi connectivity index (χ4n) is 5.13. The zero-order valence-corrected chi connectivity index (χ0v) is 17.3. The molecule has 3 aromatic rings. The molecule has 0 spiro atoms. The van der Waals surface area contributed by atoms with E-state index in [4.69, 9.17) is 0 Å². The molecule has 5 rings (SSSR count). The predicted molar refractivity (Wildman–Crippen MR) is 111 cm³/mol. The van der Waals surface area contributed by atoms with Crippen LogP contribution in [0.4, 0.5) is 13.2 Å². The highest BCUT2D eigenvalue weighted by atomic mass is 19.2. The van der Waals surface area contributed by atoms with Crippen LogP contribution in [0.25, 0.3) is 0 Å². The molecule has 164 valence electrons. The molecular weight excluding hydrogens is 419 g/mol. The minimum absolute atomic E-state index is 0.0228. The monoisotopic (exact) mass is 439 g/mol. The largest absolute Gasteiger partial charge is 0.332 e. The minimum Gasteiger partial charge on any atom is -0.332 e. The van der Waals surface area contributed by atoms with Gasteiger partial charge in [-0.2, -0.15) is 5.10 Å². The molecule has 0 N–H and O–H groups in total. The first-order valence-corrected chi connectivity index (χ1v) is 10.5. The number of nitrogens with zero attached hydrogens (tertiary/aromatic N) is 3. The maximum absolute atomic E-state index is 15.1. The third-order valence-electron chi connectivity index (χ3n) is 6.59. The lowest BCUT2D eigenvalue weighted by Gasteiger charge is -2.43. The quantitative estimate of drug-likeness (QED) is 0.621. The first kappa shape index (κ1) is 20.5. The Hall–Kier alpha value is -3.42. The minimum atomic E-state index is -1.07. The normalized spacial score (nSPS) is 20.8. The van der Waals surface area contributed by atoms with Crippen molar-refractivity contribution >= 4 is 5.91 Å². The van der Waals surface area contributed by atoms with E-state index in [2.05, 4.69) is 5.10 Å². The Morgan fingerprint density at radius 3 is 2.50 bits per heavy atom. The zero-order valence-electron chi connectivity index (χ0n) is 17.3. The number of amides is 1. The fourth-order valence-corrected chi connectivity index (χ4v) is 5.13. The topological polar surface area (TPSA) is 55.2 Å². The average molecular weight is 439 g/mol. The van der Waals surface area contributed by atoms with Crippen molar-refractivity contribution < 1.29 is 18.0 Å². The first-order valence-electron chi connectivity index (χ1n) is 10.5. The van der Waals surface area contributed by atoms with Crippen molar-refractivity contribution in [3.8, 4) is 0 Å². The molecule has 1 amide bonds. The van der Waals surface area contributed by atoms with E-state index in [1.54, 1.807) is 17.9 Å². The van der Waals surface area contributed by atoms with E-state index in [1.165, 1.54) is 35.0 Å². The summed E-state index contributed by atoms with van der Waals surface area (Å²) in [5.74, 6) is -3.97. The Morgan fingerprint density at radius 1 is 1.00 bits per heavy atom. The van der Waals surface area contributed by atoms with Crippen LogP contribution in [0.2, 0.25) is 0 Å². The number of hydrogen-bond donors (Lipinski definition) is 0. The summed E-state index contributed by atoms with van der Waals surface area (Å²) >= 11 is 0. The van der Waals surface area contributed by atoms with Gasteiger partial charge >= 0.3 is 0 Å². The number of carbonyl (C=O) groups excluding carboxylic acids is 1. The highest BCUT2D eigenvalue weighted by Gasteiger charge is 2.48. The Bertz CT molecular complexity index is 1290. The van der Waals surface area contributed by atoms with Crippen LogP contribution in [0, 0.1) is 24.4 Å². The van der Waals surface area contributed by atoms with Crippen LogP contribution in [0.3, 0.4) is 0 Å². The Labute approximate surface area is 182 Å². The van der Waals surface area contributed by atoms with E-state index in [0.29, 0.717) is 19.4 Å². The first-order chi connectivity index (χ1) is 15.4. The standard InChI is InChI=1S/C24H20F3N3O2/c1-13-19(31)12-28-30-22(13)24(32)29-11-5-10-18(29)23(30)20(14-6-2-3-8-16(14)25)15-7-4-9-17(26)21(15)27/h2-4,6-9,12,18,20,23H,5,10-11H2,1H3/t18-,20-,23-/m1/s1. The Kier molecular flexibility index (Phi) is 4.87. The van der Waals surface area contributed by atoms with E-state index < -0.39 is 35.5 Å². The van der Waals surface area contributed by atoms with E-state index in [9.17, 15) is 14.0 Å². The van der Waals surface area contributed by atoms with Crippen molar-refractivity contribution in [2.24, 2.45) is 0 Å². The molecule has 5 nitrogen and oxygen atoms in total. The lowest BCUT2D eigenvalue weighted by Crippen LogP contribution is -2.51. The molecule has 2 aromatic carbocycles. The van der Waals surface area contributed by atoms with E-state index in [0.717, 1.165) is 12.3 Å². The smallest absolute Gasteiger partial charge is 0.272 e. The molecule has 0 unspecified atom stereocenters. The van der Waals surface area contributed by atoms with E-state index in [1.807, 2.05) is 0 Å². The van der Waals surface area contributed by atoms with E-state index in [-0.39, 0.29) is 33.7 Å². The summed E-state index contributed by atoms with van der Waals surface area (Å²) in [5.41, 5.74) is 0.101. The Morgan fingerprint density at radius 2 is 1.72 bits per heavy atom. The Balaban J connectivity index is 1.83. The van der Waals surface area contributed by atoms with Crippen LogP contribution in [-0.2, 0) is 0 Å². The van der Waals surface area contributed by atoms with Gasteiger partial charge < -0.3 is 4.90 Å². The van der Waals surface area contributed by atoms with Crippen molar-refractivity contribution in [2.45, 2.75) is 37.8 Å². The van der Waals surface area contributed by atoms with Gasteiger partial charge in [-0.05, 0) is 37.5 Å². The molecule has 2 aliphatic heterocycles. The zero-order chi connectivity index (χ0) is 22.6. The number of halogens is 3. The maximum atomic E-state index is 15.1. The lowest BCUT2D eigenvalue weighted by atomic mass is 9.79. The molecule has 1 aromatic heterocycles. The van der Waals surface area contributed by atoms with Crippen molar-refractivity contribution in [3.63, 3.8) is 0 Å². The molecule has 1 saturated heterocycles. The van der Waals surface area contributed by atoms with Gasteiger partial charge in [0.05, 0.1) is 18.3 Å². The van der Waals surface area contributed by atoms with E-state index >= 15 is 8.78 Å². The molecule has 3 atom stereocenters. The highest BCUT2D eigenvalue weighted by molar-refractivity contribution is 5.95. The fraction of sp³-hybridized carbons (Fsp3) is 0.292. The molecule has 1 fully saturated rings. The second kappa shape index (κ2) is 7.62. The summed E-state index contributed by atoms with van der Waals surface area (Å²) in [6.07, 6.45) is 2.43. The third-order valence-corrected chi connectivity index (χ3v) is 6.59. The van der Waals surface area contributed by atoms with Gasteiger partial charge in [-0.15, -0.1) is 0 Å². The van der Waals surface area contributed by atoms with Gasteiger partial charge in [0.25, 0.3) is 5.91 Å². The molecule has 0 aliphatic carbocycles. The van der Waals surface area contributed by atoms with Crippen LogP contribution < -0.4 is 5.43 Å². The van der Waals surface area contributed by atoms with Crippen LogP contribution in [0.5, 0.6) is 0 Å². The molecule has 0 bridgehead atoms. The third kappa shape index (κ3) is 2.97. The van der Waals surface area contributed by atoms with Crippen LogP contribution in [-0.4, -0.2) is 33.2 Å². The molecular formula is C24H20F3N3O2. The number of fused-ring (bicyclic) bond motifs is 2. The number of hydrogen-bond acceptors (Lipinski definition) is 3. The van der Waals surface area contributed by atoms with Gasteiger partial charge in [-0.1, -0.05) is 30.3 Å². The van der Waals surface area contributed by atoms with Crippen LogP contribution >= 0.6 is 0 Å². The number of aromatic nitrogens is 2. The summed E-state index contributed by atoms with van der Waals surface area (Å²) in [7, 11) is 0. The number of benzene rings is 2. The van der Waals surface area contributed by atoms with Crippen molar-refractivity contribution in [1.29, 1.82) is 0 Å². The van der Waals surface area contributed by atoms with Gasteiger partial charge in [0.2, 0.25) is 5.43 Å². The molecule has 8 heteroatoms. The molecule has 0 saturated carbocycles. The SMILES string of the molecule is Cc1c2n(ncc1=O)[C@@H]([C@H](c1ccccc1F)c1cccc(F)c1F)[C@H]1CCCN1C2=O. The van der Waals surface area contributed by atoms with Crippen LogP contribution in [0.15, 0.2) is 53.5 Å². The van der Waals surface area contributed by atoms with Gasteiger partial charge in [0.1, 0.15) is 11.5 Å². The molecule has 3 heterocycles. The number of rotatable bonds is 3. The second-order valence-electron chi connectivity index (χ2n) is 8.27. The van der Waals surface area contributed by atoms with Gasteiger partial charge in [-0.25, -0.2) is 13.2 Å². The summed E-state index contributed by atoms with van der Waals surface area (Å²) in [4.78, 5) is 27.2. The maximum Gasteiger partial charge on any atom is 0.272 e. The summed E-state index contributed by atoms with van der Waals surface area (Å²) in [6, 6.07) is 8.66. The van der Waals surface area contributed by atoms with Gasteiger partial charge in [-0.3, -0.25) is 14.3 Å². The van der Waals surface area contributed by atoms with Crippen molar-refractivity contribution in [3.05, 3.63) is 98.7 Å². The van der Waals surface area contributed by atoms with Gasteiger partial charge in [0.15, 0.2) is 11.6 Å². The highest BCUT2D eigenvalue weighted by Crippen LogP contribution is 2.46. The van der Waals surface area contributed by atoms with Crippen molar-refractivity contribution in [2.75, 3.05) is 6.54 Å². The second-order valence-corrected chi connectivity index (χ2v) is 8.27. The van der Waals surface area contributed by atoms with Gasteiger partial charge in [0, 0.05) is 23.6 Å². The molecule has 0 radical (unpaired) electrons. The van der Waals surface area contributed by atoms with Crippen molar-refractivity contribution in [1.82, 2.24) is 14.7 Å². The summed E-state index contributed by atoms with van der Waals surface area (Å²) in [5, 5.41) is 4.24. The molecule has 2 aliphatic rings. The van der Waals surface area contributed by atoms with Crippen LogP contribution in [0.1, 0.15) is 52.0 Å². The number of carbonyl (C=O) groups is 1. The lowest BCUT2D eigenvalue weighted by molar-refractivity contribution is 0.0568. The summed E-state index contributed by atoms with van der Waals surface area (Å²) < 4.78 is 45.9. The summed E-state index contributed by atoms with van der Waals surface area (Å²) in [6.45, 7) is 2.01.